The van der Waals surface area contributed by atoms with Crippen LogP contribution < -0.4 is 11.1 Å². The van der Waals surface area contributed by atoms with Gasteiger partial charge in [0.25, 0.3) is 0 Å². The van der Waals surface area contributed by atoms with Crippen molar-refractivity contribution in [3.8, 4) is 0 Å². The third kappa shape index (κ3) is 2.42. The molecule has 1 saturated carbocycles. The van der Waals surface area contributed by atoms with E-state index in [1.54, 1.807) is 0 Å². The molecule has 0 bridgehead atoms. The fraction of sp³-hybridized carbons (Fsp3) is 0.571. The maximum atomic E-state index is 13.7. The second-order valence-corrected chi connectivity index (χ2v) is 5.22. The van der Waals surface area contributed by atoms with E-state index in [0.29, 0.717) is 11.8 Å². The molecule has 2 rings (SSSR count). The Balaban J connectivity index is 2.15. The molecule has 100 valence electrons. The normalized spacial score (nSPS) is 27.4. The van der Waals surface area contributed by atoms with Crippen molar-refractivity contribution < 1.29 is 8.78 Å². The highest BCUT2D eigenvalue weighted by molar-refractivity contribution is 5.54. The number of nitrogen functional groups attached to an aromatic ring is 1. The summed E-state index contributed by atoms with van der Waals surface area (Å²) in [6, 6.07) is 2.45. The van der Waals surface area contributed by atoms with Gasteiger partial charge in [0.1, 0.15) is 5.69 Å². The molecule has 1 aliphatic carbocycles. The van der Waals surface area contributed by atoms with Gasteiger partial charge in [0, 0.05) is 11.7 Å². The number of rotatable bonds is 3. The van der Waals surface area contributed by atoms with Crippen LogP contribution in [0.15, 0.2) is 12.1 Å². The minimum Gasteiger partial charge on any atom is -0.399 e. The Kier molecular flexibility index (Phi) is 3.73. The molecule has 0 radical (unpaired) electrons. The van der Waals surface area contributed by atoms with Crippen LogP contribution in [0.5, 0.6) is 0 Å². The minimum atomic E-state index is -0.611. The van der Waals surface area contributed by atoms with Crippen LogP contribution >= 0.6 is 0 Å². The first kappa shape index (κ1) is 13.1. The van der Waals surface area contributed by atoms with Gasteiger partial charge < -0.3 is 11.1 Å². The van der Waals surface area contributed by atoms with Gasteiger partial charge in [-0.1, -0.05) is 20.3 Å². The molecule has 4 heteroatoms. The van der Waals surface area contributed by atoms with Crippen molar-refractivity contribution in [2.24, 2.45) is 11.8 Å². The first-order valence-corrected chi connectivity index (χ1v) is 6.54. The van der Waals surface area contributed by atoms with Crippen LogP contribution in [0, 0.1) is 23.5 Å². The largest absolute Gasteiger partial charge is 0.399 e. The molecular weight excluding hydrogens is 234 g/mol. The first-order valence-electron chi connectivity index (χ1n) is 6.54. The summed E-state index contributed by atoms with van der Waals surface area (Å²) >= 11 is 0. The zero-order chi connectivity index (χ0) is 13.3. The van der Waals surface area contributed by atoms with E-state index in [9.17, 15) is 8.78 Å². The predicted molar refractivity (Wildman–Crippen MR) is 70.4 cm³/mol. The van der Waals surface area contributed by atoms with Gasteiger partial charge >= 0.3 is 0 Å². The Morgan fingerprint density at radius 1 is 1.28 bits per heavy atom. The van der Waals surface area contributed by atoms with Gasteiger partial charge in [-0.2, -0.15) is 0 Å². The molecule has 3 N–H and O–H groups in total. The lowest BCUT2D eigenvalue weighted by molar-refractivity contribution is 0.390. The number of anilines is 2. The topological polar surface area (TPSA) is 38.0 Å². The summed E-state index contributed by atoms with van der Waals surface area (Å²) in [6.45, 7) is 4.31. The van der Waals surface area contributed by atoms with E-state index in [2.05, 4.69) is 19.2 Å². The summed E-state index contributed by atoms with van der Waals surface area (Å²) < 4.78 is 27.4. The quantitative estimate of drug-likeness (QED) is 0.805. The van der Waals surface area contributed by atoms with Crippen LogP contribution in [0.25, 0.3) is 0 Å². The third-order valence-electron chi connectivity index (χ3n) is 4.15. The van der Waals surface area contributed by atoms with E-state index in [1.807, 2.05) is 0 Å². The fourth-order valence-corrected chi connectivity index (χ4v) is 2.94. The van der Waals surface area contributed by atoms with E-state index in [-0.39, 0.29) is 17.4 Å². The van der Waals surface area contributed by atoms with Gasteiger partial charge in [-0.15, -0.1) is 0 Å². The number of hydrogen-bond donors (Lipinski definition) is 2. The second kappa shape index (κ2) is 5.12. The molecule has 1 aromatic carbocycles. The summed E-state index contributed by atoms with van der Waals surface area (Å²) in [7, 11) is 0. The maximum Gasteiger partial charge on any atom is 0.151 e. The van der Waals surface area contributed by atoms with E-state index < -0.39 is 11.6 Å². The summed E-state index contributed by atoms with van der Waals surface area (Å²) in [5.74, 6) is -0.145. The Labute approximate surface area is 107 Å². The molecule has 0 heterocycles. The number of hydrogen-bond acceptors (Lipinski definition) is 2. The lowest BCUT2D eigenvalue weighted by Crippen LogP contribution is -2.25. The highest BCUT2D eigenvalue weighted by atomic mass is 19.1. The maximum absolute atomic E-state index is 13.7. The molecule has 1 aliphatic rings. The molecule has 0 saturated heterocycles. The van der Waals surface area contributed by atoms with Crippen molar-refractivity contribution in [3.05, 3.63) is 23.8 Å². The molecule has 18 heavy (non-hydrogen) atoms. The SMILES string of the molecule is CCC1CCC(Nc2c(F)cc(N)cc2F)C1C. The van der Waals surface area contributed by atoms with Crippen molar-refractivity contribution in [2.45, 2.75) is 39.2 Å². The summed E-state index contributed by atoms with van der Waals surface area (Å²) in [5, 5.41) is 3.01. The molecular formula is C14H20F2N2. The third-order valence-corrected chi connectivity index (χ3v) is 4.15. The van der Waals surface area contributed by atoms with Gasteiger partial charge in [-0.25, -0.2) is 8.78 Å². The second-order valence-electron chi connectivity index (χ2n) is 5.22. The van der Waals surface area contributed by atoms with Gasteiger partial charge in [0.2, 0.25) is 0 Å². The van der Waals surface area contributed by atoms with Crippen molar-refractivity contribution in [2.75, 3.05) is 11.1 Å². The van der Waals surface area contributed by atoms with E-state index in [1.165, 1.54) is 0 Å². The van der Waals surface area contributed by atoms with Crippen molar-refractivity contribution >= 4 is 11.4 Å². The smallest absolute Gasteiger partial charge is 0.151 e. The fourth-order valence-electron chi connectivity index (χ4n) is 2.94. The summed E-state index contributed by atoms with van der Waals surface area (Å²) in [4.78, 5) is 0. The van der Waals surface area contributed by atoms with Gasteiger partial charge in [0.05, 0.1) is 0 Å². The van der Waals surface area contributed by atoms with Crippen LogP contribution in [0.3, 0.4) is 0 Å². The summed E-state index contributed by atoms with van der Waals surface area (Å²) in [6.07, 6.45) is 3.20. The Bertz CT molecular complexity index is 411. The predicted octanol–water partition coefficient (Wildman–Crippen LogP) is 3.78. The molecule has 0 aromatic heterocycles. The van der Waals surface area contributed by atoms with E-state index in [4.69, 9.17) is 5.73 Å². The zero-order valence-corrected chi connectivity index (χ0v) is 10.8. The monoisotopic (exact) mass is 254 g/mol. The molecule has 0 aliphatic heterocycles. The van der Waals surface area contributed by atoms with Crippen molar-refractivity contribution in [1.29, 1.82) is 0 Å². The molecule has 0 spiro atoms. The lowest BCUT2D eigenvalue weighted by atomic mass is 9.93. The molecule has 3 unspecified atom stereocenters. The number of nitrogens with two attached hydrogens (primary N) is 1. The van der Waals surface area contributed by atoms with Crippen LogP contribution in [0.2, 0.25) is 0 Å². The zero-order valence-electron chi connectivity index (χ0n) is 10.8. The lowest BCUT2D eigenvalue weighted by Gasteiger charge is -2.22. The minimum absolute atomic E-state index is 0.0437. The molecule has 2 nitrogen and oxygen atoms in total. The van der Waals surface area contributed by atoms with Crippen molar-refractivity contribution in [3.63, 3.8) is 0 Å². The van der Waals surface area contributed by atoms with Crippen LogP contribution in [0.4, 0.5) is 20.2 Å². The molecule has 1 aromatic rings. The van der Waals surface area contributed by atoms with Crippen LogP contribution in [-0.2, 0) is 0 Å². The van der Waals surface area contributed by atoms with Gasteiger partial charge in [-0.05, 0) is 36.8 Å². The van der Waals surface area contributed by atoms with Crippen molar-refractivity contribution in [1.82, 2.24) is 0 Å². The Hall–Kier alpha value is -1.32. The Morgan fingerprint density at radius 2 is 1.89 bits per heavy atom. The van der Waals surface area contributed by atoms with Gasteiger partial charge in [-0.3, -0.25) is 0 Å². The number of halogens is 2. The molecule has 3 atom stereocenters. The van der Waals surface area contributed by atoms with Crippen LogP contribution in [0.1, 0.15) is 33.1 Å². The van der Waals surface area contributed by atoms with E-state index >= 15 is 0 Å². The summed E-state index contributed by atoms with van der Waals surface area (Å²) in [5.41, 5.74) is 5.47. The average Bonchev–Trinajstić information content (AvgIpc) is 2.64. The van der Waals surface area contributed by atoms with E-state index in [0.717, 1.165) is 31.4 Å². The first-order chi connectivity index (χ1) is 8.52. The standard InChI is InChI=1S/C14H20F2N2/c1-3-9-4-5-13(8(9)2)18-14-11(15)6-10(17)7-12(14)16/h6-9,13,18H,3-5,17H2,1-2H3. The molecule has 0 amide bonds. The van der Waals surface area contributed by atoms with Gasteiger partial charge in [0.15, 0.2) is 11.6 Å². The Morgan fingerprint density at radius 3 is 2.39 bits per heavy atom. The molecule has 1 fully saturated rings. The highest BCUT2D eigenvalue weighted by Gasteiger charge is 2.32. The number of nitrogens with one attached hydrogen (secondary N) is 1. The number of benzene rings is 1. The highest BCUT2D eigenvalue weighted by Crippen LogP contribution is 2.36. The van der Waals surface area contributed by atoms with Crippen LogP contribution in [-0.4, -0.2) is 6.04 Å². The average molecular weight is 254 g/mol.